The molecule has 0 atom stereocenters. The molecule has 0 fully saturated rings. The maximum Gasteiger partial charge on any atom is 0.346 e. The van der Waals surface area contributed by atoms with Crippen LogP contribution in [0.25, 0.3) is 0 Å². The van der Waals surface area contributed by atoms with E-state index in [2.05, 4.69) is 11.3 Å². The first-order chi connectivity index (χ1) is 8.60. The van der Waals surface area contributed by atoms with E-state index in [9.17, 15) is 14.4 Å². The molecule has 0 spiro atoms. The highest BCUT2D eigenvalue weighted by Crippen LogP contribution is 2.12. The normalized spacial score (nSPS) is 9.39. The summed E-state index contributed by atoms with van der Waals surface area (Å²) in [5.41, 5.74) is 0.0346. The lowest BCUT2D eigenvalue weighted by atomic mass is 10.1. The highest BCUT2D eigenvalue weighted by molar-refractivity contribution is 6.06. The summed E-state index contributed by atoms with van der Waals surface area (Å²) in [5.74, 6) is -2.43. The number of ether oxygens (including phenoxy) is 2. The zero-order valence-electron chi connectivity index (χ0n) is 9.84. The first-order valence-electron chi connectivity index (χ1n) is 5.24. The molecule has 0 aromatic heterocycles. The maximum absolute atomic E-state index is 11.6. The summed E-state index contributed by atoms with van der Waals surface area (Å²) in [5, 5.41) is 0. The fourth-order valence-corrected chi connectivity index (χ4v) is 1.24. The van der Waals surface area contributed by atoms with Crippen molar-refractivity contribution in [2.75, 3.05) is 6.61 Å². The predicted molar refractivity (Wildman–Crippen MR) is 63.0 cm³/mol. The Morgan fingerprint density at radius 1 is 1.17 bits per heavy atom. The van der Waals surface area contributed by atoms with E-state index >= 15 is 0 Å². The van der Waals surface area contributed by atoms with Gasteiger partial charge in [0.1, 0.15) is 0 Å². The van der Waals surface area contributed by atoms with E-state index in [1.807, 2.05) is 0 Å². The van der Waals surface area contributed by atoms with Crippen LogP contribution in [0.2, 0.25) is 0 Å². The van der Waals surface area contributed by atoms with E-state index in [0.29, 0.717) is 0 Å². The summed E-state index contributed by atoms with van der Waals surface area (Å²) in [6.45, 7) is 5.02. The highest BCUT2D eigenvalue weighted by atomic mass is 16.6. The van der Waals surface area contributed by atoms with Gasteiger partial charge in [0.25, 0.3) is 0 Å². The second-order valence-electron chi connectivity index (χ2n) is 3.18. The van der Waals surface area contributed by atoms with Crippen molar-refractivity contribution in [1.29, 1.82) is 0 Å². The molecule has 5 heteroatoms. The number of carbonyl (C=O) groups excluding carboxylic acids is 3. The van der Waals surface area contributed by atoms with Crippen molar-refractivity contribution in [1.82, 2.24) is 0 Å². The first kappa shape index (κ1) is 13.6. The lowest BCUT2D eigenvalue weighted by molar-refractivity contribution is -0.132. The van der Waals surface area contributed by atoms with Gasteiger partial charge in [0.05, 0.1) is 17.7 Å². The number of hydrogen-bond acceptors (Lipinski definition) is 5. The highest BCUT2D eigenvalue weighted by Gasteiger charge is 2.19. The van der Waals surface area contributed by atoms with Gasteiger partial charge in [-0.25, -0.2) is 14.4 Å². The quantitative estimate of drug-likeness (QED) is 0.461. The molecule has 0 aliphatic heterocycles. The lowest BCUT2D eigenvalue weighted by Crippen LogP contribution is -2.16. The summed E-state index contributed by atoms with van der Waals surface area (Å²) >= 11 is 0. The van der Waals surface area contributed by atoms with Crippen molar-refractivity contribution in [2.45, 2.75) is 6.92 Å². The molecule has 94 valence electrons. The van der Waals surface area contributed by atoms with Gasteiger partial charge in [-0.3, -0.25) is 0 Å². The van der Waals surface area contributed by atoms with Crippen LogP contribution >= 0.6 is 0 Å². The lowest BCUT2D eigenvalue weighted by Gasteiger charge is -2.06. The third kappa shape index (κ3) is 3.28. The van der Waals surface area contributed by atoms with Gasteiger partial charge in [0, 0.05) is 6.08 Å². The molecule has 0 unspecified atom stereocenters. The van der Waals surface area contributed by atoms with E-state index in [1.54, 1.807) is 19.1 Å². The molecule has 5 nitrogen and oxygen atoms in total. The minimum absolute atomic E-state index is 0.0221. The zero-order valence-corrected chi connectivity index (χ0v) is 9.84. The average Bonchev–Trinajstić information content (AvgIpc) is 2.38. The average molecular weight is 248 g/mol. The van der Waals surface area contributed by atoms with Gasteiger partial charge >= 0.3 is 17.9 Å². The van der Waals surface area contributed by atoms with Crippen LogP contribution in [0.15, 0.2) is 36.9 Å². The van der Waals surface area contributed by atoms with Crippen LogP contribution in [0, 0.1) is 0 Å². The molecule has 0 saturated carbocycles. The molecule has 0 saturated heterocycles. The van der Waals surface area contributed by atoms with Gasteiger partial charge in [-0.15, -0.1) is 0 Å². The van der Waals surface area contributed by atoms with Crippen molar-refractivity contribution in [2.24, 2.45) is 0 Å². The van der Waals surface area contributed by atoms with Gasteiger partial charge in [-0.1, -0.05) is 18.7 Å². The van der Waals surface area contributed by atoms with Gasteiger partial charge in [0.15, 0.2) is 0 Å². The van der Waals surface area contributed by atoms with E-state index < -0.39 is 17.9 Å². The van der Waals surface area contributed by atoms with E-state index in [0.717, 1.165) is 6.08 Å². The Morgan fingerprint density at radius 3 is 2.22 bits per heavy atom. The zero-order chi connectivity index (χ0) is 13.5. The smallest absolute Gasteiger partial charge is 0.346 e. The Bertz CT molecular complexity index is 490. The van der Waals surface area contributed by atoms with Crippen LogP contribution in [0.1, 0.15) is 27.6 Å². The van der Waals surface area contributed by atoms with Gasteiger partial charge in [-0.05, 0) is 19.1 Å². The van der Waals surface area contributed by atoms with E-state index in [1.165, 1.54) is 12.1 Å². The molecule has 18 heavy (non-hydrogen) atoms. The van der Waals surface area contributed by atoms with Gasteiger partial charge in [0.2, 0.25) is 0 Å². The molecule has 1 aromatic rings. The SMILES string of the molecule is C=CC(=O)OC(=O)c1ccccc1C(=O)OCC. The fourth-order valence-electron chi connectivity index (χ4n) is 1.24. The van der Waals surface area contributed by atoms with E-state index in [4.69, 9.17) is 4.74 Å². The van der Waals surface area contributed by atoms with Crippen molar-refractivity contribution >= 4 is 17.9 Å². The third-order valence-electron chi connectivity index (χ3n) is 2.00. The molecule has 0 heterocycles. The Kier molecular flexibility index (Phi) is 4.80. The number of esters is 3. The molecule has 0 N–H and O–H groups in total. The predicted octanol–water partition coefficient (Wildman–Crippen LogP) is 1.73. The number of benzene rings is 1. The van der Waals surface area contributed by atoms with Crippen LogP contribution in [-0.2, 0) is 14.3 Å². The summed E-state index contributed by atoms with van der Waals surface area (Å²) in [6, 6.07) is 5.94. The van der Waals surface area contributed by atoms with Crippen LogP contribution in [-0.4, -0.2) is 24.5 Å². The molecule has 0 aliphatic rings. The molecular weight excluding hydrogens is 236 g/mol. The Hall–Kier alpha value is -2.43. The number of carbonyl (C=O) groups is 3. The second kappa shape index (κ2) is 6.34. The van der Waals surface area contributed by atoms with Gasteiger partial charge < -0.3 is 9.47 Å². The minimum atomic E-state index is -0.913. The standard InChI is InChI=1S/C13H12O5/c1-3-11(14)18-13(16)10-8-6-5-7-9(10)12(15)17-4-2/h3,5-8H,1,4H2,2H3. The molecule has 0 aliphatic carbocycles. The summed E-state index contributed by atoms with van der Waals surface area (Å²) < 4.78 is 9.25. The van der Waals surface area contributed by atoms with Crippen LogP contribution < -0.4 is 0 Å². The summed E-state index contributed by atoms with van der Waals surface area (Å²) in [4.78, 5) is 34.2. The van der Waals surface area contributed by atoms with Crippen molar-refractivity contribution in [3.8, 4) is 0 Å². The number of rotatable bonds is 4. The fraction of sp³-hybridized carbons (Fsp3) is 0.154. The van der Waals surface area contributed by atoms with Crippen LogP contribution in [0.4, 0.5) is 0 Å². The molecular formula is C13H12O5. The topological polar surface area (TPSA) is 69.7 Å². The van der Waals surface area contributed by atoms with E-state index in [-0.39, 0.29) is 17.7 Å². The van der Waals surface area contributed by atoms with Crippen molar-refractivity contribution in [3.05, 3.63) is 48.0 Å². The second-order valence-corrected chi connectivity index (χ2v) is 3.18. The molecule has 0 amide bonds. The third-order valence-corrected chi connectivity index (χ3v) is 2.00. The first-order valence-corrected chi connectivity index (χ1v) is 5.24. The Balaban J connectivity index is 3.01. The number of hydrogen-bond donors (Lipinski definition) is 0. The minimum Gasteiger partial charge on any atom is -0.462 e. The Labute approximate surface area is 104 Å². The monoisotopic (exact) mass is 248 g/mol. The largest absolute Gasteiger partial charge is 0.462 e. The van der Waals surface area contributed by atoms with Crippen molar-refractivity contribution < 1.29 is 23.9 Å². The summed E-state index contributed by atoms with van der Waals surface area (Å²) in [6.07, 6.45) is 0.866. The molecule has 1 aromatic carbocycles. The van der Waals surface area contributed by atoms with Gasteiger partial charge in [-0.2, -0.15) is 0 Å². The van der Waals surface area contributed by atoms with Crippen LogP contribution in [0.3, 0.4) is 0 Å². The molecule has 0 radical (unpaired) electrons. The molecule has 1 rings (SSSR count). The maximum atomic E-state index is 11.6. The summed E-state index contributed by atoms with van der Waals surface area (Å²) in [7, 11) is 0. The Morgan fingerprint density at radius 2 is 1.72 bits per heavy atom. The van der Waals surface area contributed by atoms with Crippen LogP contribution in [0.5, 0.6) is 0 Å². The molecule has 0 bridgehead atoms. The van der Waals surface area contributed by atoms with Crippen molar-refractivity contribution in [3.63, 3.8) is 0 Å².